The molecule has 0 aromatic heterocycles. The highest BCUT2D eigenvalue weighted by Crippen LogP contribution is 2.20. The van der Waals surface area contributed by atoms with Gasteiger partial charge in [-0.3, -0.25) is 19.2 Å². The fourth-order valence-electron chi connectivity index (χ4n) is 3.44. The molecule has 0 aromatic carbocycles. The minimum Gasteiger partial charge on any atom is -0.481 e. The summed E-state index contributed by atoms with van der Waals surface area (Å²) in [5.41, 5.74) is 5.66. The Morgan fingerprint density at radius 3 is 1.50 bits per heavy atom. The Morgan fingerprint density at radius 2 is 1.14 bits per heavy atom. The van der Waals surface area contributed by atoms with Crippen molar-refractivity contribution in [3.63, 3.8) is 0 Å². The minimum absolute atomic E-state index is 0.0219. The molecule has 3 unspecified atom stereocenters. The van der Waals surface area contributed by atoms with Crippen LogP contribution in [0.1, 0.15) is 74.7 Å². The zero-order valence-electron chi connectivity index (χ0n) is 27.3. The van der Waals surface area contributed by atoms with Gasteiger partial charge >= 0.3 is 5.97 Å². The molecule has 0 aliphatic carbocycles. The number of carboxylic acid groups (broad SMARTS) is 1. The number of carboxylic acids is 1. The predicted octanol–water partition coefficient (Wildman–Crippen LogP) is 2.03. The van der Waals surface area contributed by atoms with Crippen LogP contribution in [0.5, 0.6) is 0 Å². The fourth-order valence-corrected chi connectivity index (χ4v) is 3.44. The van der Waals surface area contributed by atoms with Crippen LogP contribution in [0.15, 0.2) is 0 Å². The van der Waals surface area contributed by atoms with Crippen LogP contribution in [-0.2, 0) is 42.9 Å². The number of nitrogens with two attached hydrogens (primary N) is 1. The number of rotatable bonds is 21. The van der Waals surface area contributed by atoms with Crippen LogP contribution < -0.4 is 11.1 Å². The van der Waals surface area contributed by atoms with Crippen molar-refractivity contribution >= 4 is 23.6 Å². The van der Waals surface area contributed by atoms with Crippen molar-refractivity contribution in [3.05, 3.63) is 0 Å². The summed E-state index contributed by atoms with van der Waals surface area (Å²) < 4.78 is 26.5. The van der Waals surface area contributed by atoms with E-state index >= 15 is 0 Å². The van der Waals surface area contributed by atoms with Crippen LogP contribution in [0.4, 0.5) is 0 Å². The van der Waals surface area contributed by atoms with Crippen molar-refractivity contribution in [1.29, 1.82) is 0 Å². The first kappa shape index (κ1) is 44.3. The predicted molar refractivity (Wildman–Crippen MR) is 161 cm³/mol. The molecule has 4 N–H and O–H groups in total. The molecular weight excluding hydrogens is 550 g/mol. The highest BCUT2D eigenvalue weighted by Gasteiger charge is 2.39. The molecule has 1 aliphatic rings. The molecule has 0 aromatic rings. The van der Waals surface area contributed by atoms with E-state index in [1.165, 1.54) is 11.8 Å². The summed E-state index contributed by atoms with van der Waals surface area (Å²) in [4.78, 5) is 48.0. The van der Waals surface area contributed by atoms with Crippen molar-refractivity contribution in [1.82, 2.24) is 10.2 Å². The van der Waals surface area contributed by atoms with E-state index in [1.54, 1.807) is 6.92 Å². The third-order valence-electron chi connectivity index (χ3n) is 5.23. The number of amides is 2. The fraction of sp³-hybridized carbons (Fsp3) is 0.862. The molecule has 0 bridgehead atoms. The maximum atomic E-state index is 12.2. The number of nitrogens with zero attached hydrogens (tertiary/aromatic N) is 1. The SMILES string of the molecule is CC.CC.CC.CC(=O)C1CC(NC(=O)CCOCCOCCOCCOCCOCCC(=O)O)CN1C(=O)C(C)N. The zero-order valence-corrected chi connectivity index (χ0v) is 27.3. The van der Waals surface area contributed by atoms with Gasteiger partial charge in [-0.2, -0.15) is 0 Å². The number of likely N-dealkylation sites (tertiary alicyclic amines) is 1. The molecule has 42 heavy (non-hydrogen) atoms. The second-order valence-corrected chi connectivity index (χ2v) is 8.36. The van der Waals surface area contributed by atoms with E-state index in [0.717, 1.165) is 0 Å². The molecule has 1 rings (SSSR count). The number of aliphatic carboxylic acids is 1. The number of ketones is 1. The van der Waals surface area contributed by atoms with E-state index < -0.39 is 18.1 Å². The summed E-state index contributed by atoms with van der Waals surface area (Å²) in [6.07, 6.45) is 0.521. The van der Waals surface area contributed by atoms with Gasteiger partial charge < -0.3 is 44.7 Å². The maximum absolute atomic E-state index is 12.2. The second-order valence-electron chi connectivity index (χ2n) is 8.36. The Kier molecular flexibility index (Phi) is 33.5. The van der Waals surface area contributed by atoms with Gasteiger partial charge in [-0.25, -0.2) is 0 Å². The van der Waals surface area contributed by atoms with E-state index in [2.05, 4.69) is 5.32 Å². The number of nitrogens with one attached hydrogen (secondary N) is 1. The average Bonchev–Trinajstić information content (AvgIpc) is 3.41. The van der Waals surface area contributed by atoms with Crippen LogP contribution in [0, 0.1) is 0 Å². The summed E-state index contributed by atoms with van der Waals surface area (Å²) in [5, 5.41) is 11.3. The minimum atomic E-state index is -0.892. The first-order chi connectivity index (χ1) is 20.2. The van der Waals surface area contributed by atoms with E-state index in [4.69, 9.17) is 34.5 Å². The molecule has 2 amide bonds. The van der Waals surface area contributed by atoms with Crippen LogP contribution >= 0.6 is 0 Å². The van der Waals surface area contributed by atoms with E-state index in [0.29, 0.717) is 59.3 Å². The van der Waals surface area contributed by atoms with Gasteiger partial charge in [0.05, 0.1) is 84.6 Å². The Bertz CT molecular complexity index is 680. The lowest BCUT2D eigenvalue weighted by atomic mass is 10.1. The van der Waals surface area contributed by atoms with E-state index in [9.17, 15) is 19.2 Å². The molecular formula is C29H59N3O10. The van der Waals surface area contributed by atoms with E-state index in [1.807, 2.05) is 41.5 Å². The molecule has 0 radical (unpaired) electrons. The Morgan fingerprint density at radius 1 is 0.762 bits per heavy atom. The topological polar surface area (TPSA) is 176 Å². The summed E-state index contributed by atoms with van der Waals surface area (Å²) in [5.74, 6) is -1.53. The van der Waals surface area contributed by atoms with Gasteiger partial charge in [0.25, 0.3) is 0 Å². The molecule has 1 saturated heterocycles. The third-order valence-corrected chi connectivity index (χ3v) is 5.23. The van der Waals surface area contributed by atoms with Gasteiger partial charge in [0.15, 0.2) is 5.78 Å². The highest BCUT2D eigenvalue weighted by atomic mass is 16.6. The first-order valence-electron chi connectivity index (χ1n) is 15.2. The Balaban J connectivity index is -0.00000237. The molecule has 0 saturated carbocycles. The summed E-state index contributed by atoms with van der Waals surface area (Å²) in [6.45, 7) is 18.7. The average molecular weight is 610 g/mol. The van der Waals surface area contributed by atoms with Crippen LogP contribution in [0.3, 0.4) is 0 Å². The summed E-state index contributed by atoms with van der Waals surface area (Å²) in [7, 11) is 0. The number of carbonyl (C=O) groups excluding carboxylic acids is 3. The van der Waals surface area contributed by atoms with Crippen molar-refractivity contribution in [2.45, 2.75) is 92.8 Å². The Hall–Kier alpha value is -2.16. The first-order valence-corrected chi connectivity index (χ1v) is 15.2. The molecule has 13 nitrogen and oxygen atoms in total. The van der Waals surface area contributed by atoms with Crippen molar-refractivity contribution in [2.24, 2.45) is 5.73 Å². The molecule has 3 atom stereocenters. The smallest absolute Gasteiger partial charge is 0.305 e. The highest BCUT2D eigenvalue weighted by molar-refractivity contribution is 5.90. The van der Waals surface area contributed by atoms with Gasteiger partial charge in [-0.15, -0.1) is 0 Å². The lowest BCUT2D eigenvalue weighted by Gasteiger charge is -2.24. The van der Waals surface area contributed by atoms with Crippen LogP contribution in [0.2, 0.25) is 0 Å². The molecule has 1 heterocycles. The normalized spacial score (nSPS) is 16.1. The number of hydrogen-bond donors (Lipinski definition) is 3. The van der Waals surface area contributed by atoms with Gasteiger partial charge in [0.2, 0.25) is 11.8 Å². The largest absolute Gasteiger partial charge is 0.481 e. The summed E-state index contributed by atoms with van der Waals surface area (Å²) >= 11 is 0. The quantitative estimate of drug-likeness (QED) is 0.162. The lowest BCUT2D eigenvalue weighted by molar-refractivity contribution is -0.138. The zero-order chi connectivity index (χ0) is 32.8. The third kappa shape index (κ3) is 24.4. The number of ether oxygens (including phenoxy) is 5. The standard InChI is InChI=1S/C23H41N3O10.3C2H6/c1-17(24)23(31)26-16-19(15-20(26)18(2)27)25-21(28)3-5-32-7-9-34-11-13-36-14-12-35-10-8-33-6-4-22(29)30;3*1-2/h17,19-20H,3-16,24H2,1-2H3,(H,25,28)(H,29,30);3*1-2H3. The molecule has 1 aliphatic heterocycles. The number of carbonyl (C=O) groups is 4. The van der Waals surface area contributed by atoms with Gasteiger partial charge in [-0.05, 0) is 20.3 Å². The van der Waals surface area contributed by atoms with Crippen molar-refractivity contribution in [2.75, 3.05) is 72.6 Å². The van der Waals surface area contributed by atoms with Gasteiger partial charge in [-0.1, -0.05) is 41.5 Å². The molecule has 1 fully saturated rings. The van der Waals surface area contributed by atoms with Crippen molar-refractivity contribution in [3.8, 4) is 0 Å². The number of Topliss-reactive ketones (excluding diaryl/α,β-unsaturated/α-hetero) is 1. The van der Waals surface area contributed by atoms with Crippen LogP contribution in [-0.4, -0.2) is 124 Å². The van der Waals surface area contributed by atoms with Crippen molar-refractivity contribution < 1.29 is 48.0 Å². The number of hydrogen-bond acceptors (Lipinski definition) is 10. The summed E-state index contributed by atoms with van der Waals surface area (Å²) in [6, 6.07) is -1.55. The van der Waals surface area contributed by atoms with Gasteiger partial charge in [0, 0.05) is 19.0 Å². The van der Waals surface area contributed by atoms with E-state index in [-0.39, 0.29) is 56.2 Å². The molecule has 0 spiro atoms. The monoisotopic (exact) mass is 609 g/mol. The second kappa shape index (κ2) is 31.8. The molecule has 13 heteroatoms. The maximum Gasteiger partial charge on any atom is 0.305 e. The Labute approximate surface area is 253 Å². The lowest BCUT2D eigenvalue weighted by Crippen LogP contribution is -2.47. The van der Waals surface area contributed by atoms with Gasteiger partial charge in [0.1, 0.15) is 0 Å². The van der Waals surface area contributed by atoms with Crippen LogP contribution in [0.25, 0.3) is 0 Å². The molecule has 250 valence electrons.